The van der Waals surface area contributed by atoms with Crippen LogP contribution < -0.4 is 15.2 Å². The number of aromatic nitrogens is 1. The van der Waals surface area contributed by atoms with Crippen LogP contribution in [-0.4, -0.2) is 42.8 Å². The number of carbonyl (C=O) groups excluding carboxylic acids is 1. The number of halogens is 1. The molecule has 0 radical (unpaired) electrons. The molecule has 0 amide bonds. The predicted octanol–water partition coefficient (Wildman–Crippen LogP) is 6.45. The lowest BCUT2D eigenvalue weighted by atomic mass is 9.88. The quantitative estimate of drug-likeness (QED) is 0.162. The van der Waals surface area contributed by atoms with E-state index < -0.39 is 32.2 Å². The van der Waals surface area contributed by atoms with Crippen molar-refractivity contribution in [2.75, 3.05) is 6.61 Å². The average Bonchev–Trinajstić information content (AvgIpc) is 3.45. The summed E-state index contributed by atoms with van der Waals surface area (Å²) in [5, 5.41) is 2.06. The van der Waals surface area contributed by atoms with Crippen molar-refractivity contribution in [1.29, 1.82) is 0 Å². The molecule has 1 saturated heterocycles. The summed E-state index contributed by atoms with van der Waals surface area (Å²) >= 11 is 0.831. The number of alkyl halides is 1. The van der Waals surface area contributed by atoms with E-state index in [2.05, 4.69) is 50.0 Å². The third-order valence-electron chi connectivity index (χ3n) is 7.70. The topological polar surface area (TPSA) is 69.9 Å². The minimum Gasteiger partial charge on any atom is -0.405 e. The molecule has 3 atom stereocenters. The number of carbonyl (C=O) groups is 1. The number of Topliss-reactive ketones (excluding diaryl/α,β-unsaturated/α-hetero) is 1. The molecule has 41 heavy (non-hydrogen) atoms. The second-order valence-corrected chi connectivity index (χ2v) is 17.8. The fourth-order valence-electron chi connectivity index (χ4n) is 5.84. The Morgan fingerprint density at radius 1 is 1.02 bits per heavy atom. The van der Waals surface area contributed by atoms with E-state index in [9.17, 15) is 9.59 Å². The highest BCUT2D eigenvalue weighted by Crippen LogP contribution is 2.46. The van der Waals surface area contributed by atoms with Gasteiger partial charge in [-0.25, -0.2) is 9.38 Å². The van der Waals surface area contributed by atoms with Crippen LogP contribution in [0.3, 0.4) is 0 Å². The van der Waals surface area contributed by atoms with Gasteiger partial charge in [0, 0.05) is 18.6 Å². The SMILES string of the molecule is CC(=O)c1sc(=O)n([C@@H]2O[C@H](CO[Si](c3ccccc3)(c3ccccc3)C(C)(C)C)C[C@H]2C(C)(C)F)c1N=C(C)C. The summed E-state index contributed by atoms with van der Waals surface area (Å²) in [6, 6.07) is 20.6. The average molecular weight is 597 g/mol. The van der Waals surface area contributed by atoms with E-state index in [1.165, 1.54) is 25.3 Å². The van der Waals surface area contributed by atoms with Crippen molar-refractivity contribution in [3.05, 3.63) is 75.2 Å². The maximum absolute atomic E-state index is 15.8. The normalized spacial score (nSPS) is 19.8. The summed E-state index contributed by atoms with van der Waals surface area (Å²) < 4.78 is 30.7. The van der Waals surface area contributed by atoms with Gasteiger partial charge < -0.3 is 9.16 Å². The van der Waals surface area contributed by atoms with Gasteiger partial charge in [0.1, 0.15) is 16.8 Å². The van der Waals surface area contributed by atoms with Crippen LogP contribution in [0.4, 0.5) is 10.2 Å². The zero-order valence-corrected chi connectivity index (χ0v) is 27.0. The molecule has 2 aromatic carbocycles. The number of rotatable bonds is 9. The van der Waals surface area contributed by atoms with E-state index in [1.807, 2.05) is 36.4 Å². The predicted molar refractivity (Wildman–Crippen MR) is 168 cm³/mol. The van der Waals surface area contributed by atoms with Gasteiger partial charge in [-0.05, 0) is 49.5 Å². The molecule has 0 aliphatic carbocycles. The van der Waals surface area contributed by atoms with Crippen molar-refractivity contribution in [2.24, 2.45) is 10.9 Å². The number of ketones is 1. The van der Waals surface area contributed by atoms with Gasteiger partial charge in [0.05, 0.1) is 12.7 Å². The number of thiazole rings is 1. The van der Waals surface area contributed by atoms with E-state index in [0.717, 1.165) is 21.7 Å². The molecule has 0 N–H and O–H groups in total. The third kappa shape index (κ3) is 6.23. The van der Waals surface area contributed by atoms with Crippen LogP contribution in [0.5, 0.6) is 0 Å². The molecule has 220 valence electrons. The van der Waals surface area contributed by atoms with Gasteiger partial charge in [0.2, 0.25) is 0 Å². The highest BCUT2D eigenvalue weighted by atomic mass is 32.1. The first-order valence-electron chi connectivity index (χ1n) is 14.0. The van der Waals surface area contributed by atoms with Crippen molar-refractivity contribution in [2.45, 2.75) is 84.8 Å². The first kappa shape index (κ1) is 31.2. The molecule has 3 aromatic rings. The van der Waals surface area contributed by atoms with Crippen molar-refractivity contribution >= 4 is 47.3 Å². The zero-order valence-electron chi connectivity index (χ0n) is 25.2. The molecule has 1 fully saturated rings. The van der Waals surface area contributed by atoms with Crippen LogP contribution >= 0.6 is 11.3 Å². The van der Waals surface area contributed by atoms with Crippen LogP contribution in [-0.2, 0) is 9.16 Å². The summed E-state index contributed by atoms with van der Waals surface area (Å²) in [5.41, 5.74) is -0.976. The Kier molecular flexibility index (Phi) is 9.04. The molecule has 0 bridgehead atoms. The number of aliphatic imine (C=N–C) groups is 1. The molecular formula is C32H41FN2O4SSi. The second kappa shape index (κ2) is 11.9. The van der Waals surface area contributed by atoms with Gasteiger partial charge in [0.15, 0.2) is 11.6 Å². The monoisotopic (exact) mass is 596 g/mol. The summed E-state index contributed by atoms with van der Waals surface area (Å²) in [6.45, 7) is 14.9. The molecule has 1 aliphatic heterocycles. The molecule has 6 nitrogen and oxygen atoms in total. The largest absolute Gasteiger partial charge is 0.405 e. The highest BCUT2D eigenvalue weighted by Gasteiger charge is 2.52. The standard InChI is InChI=1S/C32H41FN2O4SSi/c1-21(2)34-28-27(22(3)36)40-30(37)35(28)29-26(32(7,8)33)19-23(39-29)20-38-41(31(4,5)6,24-15-11-9-12-16-24)25-17-13-10-14-18-25/h9-18,23,26,29H,19-20H2,1-8H3/t23-,26+,29+/m0/s1. The van der Waals surface area contributed by atoms with E-state index >= 15 is 4.39 Å². The second-order valence-electron chi connectivity index (χ2n) is 12.5. The fraction of sp³-hybridized carbons (Fsp3) is 0.469. The zero-order chi connectivity index (χ0) is 30.2. The Balaban J connectivity index is 1.76. The lowest BCUT2D eigenvalue weighted by Gasteiger charge is -2.43. The minimum absolute atomic E-state index is 0.228. The van der Waals surface area contributed by atoms with Crippen LogP contribution in [0.2, 0.25) is 5.04 Å². The summed E-state index contributed by atoms with van der Waals surface area (Å²) in [5.74, 6) is -0.666. The van der Waals surface area contributed by atoms with Crippen LogP contribution in [0.15, 0.2) is 70.5 Å². The molecule has 1 aliphatic rings. The number of nitrogens with zero attached hydrogens (tertiary/aromatic N) is 2. The molecule has 0 saturated carbocycles. The number of hydrogen-bond donors (Lipinski definition) is 0. The lowest BCUT2D eigenvalue weighted by Crippen LogP contribution is -2.67. The van der Waals surface area contributed by atoms with Crippen LogP contribution in [0, 0.1) is 5.92 Å². The molecule has 2 heterocycles. The summed E-state index contributed by atoms with van der Waals surface area (Å²) in [4.78, 5) is 30.1. The molecule has 0 spiro atoms. The maximum Gasteiger partial charge on any atom is 0.311 e. The summed E-state index contributed by atoms with van der Waals surface area (Å²) in [6.07, 6.45) is -1.02. The smallest absolute Gasteiger partial charge is 0.311 e. The fourth-order valence-corrected chi connectivity index (χ4v) is 11.3. The Hall–Kier alpha value is -2.72. The first-order chi connectivity index (χ1) is 19.2. The maximum atomic E-state index is 15.8. The number of benzene rings is 2. The number of ether oxygens (including phenoxy) is 1. The van der Waals surface area contributed by atoms with E-state index in [4.69, 9.17) is 9.16 Å². The lowest BCUT2D eigenvalue weighted by molar-refractivity contribution is -0.0506. The van der Waals surface area contributed by atoms with Crippen LogP contribution in [0.25, 0.3) is 0 Å². The number of hydrogen-bond acceptors (Lipinski definition) is 6. The van der Waals surface area contributed by atoms with Gasteiger partial charge in [-0.15, -0.1) is 0 Å². The Morgan fingerprint density at radius 3 is 2.00 bits per heavy atom. The van der Waals surface area contributed by atoms with Crippen molar-refractivity contribution in [3.63, 3.8) is 0 Å². The minimum atomic E-state index is -2.85. The van der Waals surface area contributed by atoms with Crippen LogP contribution in [0.1, 0.15) is 77.7 Å². The Morgan fingerprint density at radius 2 is 1.56 bits per heavy atom. The Labute approximate surface area is 247 Å². The summed E-state index contributed by atoms with van der Waals surface area (Å²) in [7, 11) is -2.85. The molecular weight excluding hydrogens is 556 g/mol. The third-order valence-corrected chi connectivity index (χ3v) is 13.7. The van der Waals surface area contributed by atoms with Crippen molar-refractivity contribution in [1.82, 2.24) is 4.57 Å². The van der Waals surface area contributed by atoms with Crippen molar-refractivity contribution in [3.8, 4) is 0 Å². The molecule has 9 heteroatoms. The van der Waals surface area contributed by atoms with Gasteiger partial charge in [-0.1, -0.05) is 92.8 Å². The molecule has 0 unspecified atom stereocenters. The molecule has 1 aromatic heterocycles. The van der Waals surface area contributed by atoms with Gasteiger partial charge in [-0.2, -0.15) is 0 Å². The van der Waals surface area contributed by atoms with E-state index in [-0.39, 0.29) is 33.0 Å². The van der Waals surface area contributed by atoms with E-state index in [1.54, 1.807) is 13.8 Å². The molecule has 4 rings (SSSR count). The Bertz CT molecular complexity index is 1410. The van der Waals surface area contributed by atoms with Gasteiger partial charge >= 0.3 is 4.87 Å². The first-order valence-corrected chi connectivity index (χ1v) is 16.8. The van der Waals surface area contributed by atoms with Gasteiger partial charge in [-0.3, -0.25) is 14.2 Å². The van der Waals surface area contributed by atoms with E-state index in [0.29, 0.717) is 12.1 Å². The van der Waals surface area contributed by atoms with Gasteiger partial charge in [0.25, 0.3) is 8.32 Å². The highest BCUT2D eigenvalue weighted by molar-refractivity contribution is 7.12. The van der Waals surface area contributed by atoms with Crippen molar-refractivity contribution < 1.29 is 18.3 Å².